The molecular formula is C23H31N5S. The molecule has 5 nitrogen and oxygen atoms in total. The summed E-state index contributed by atoms with van der Waals surface area (Å²) in [6, 6.07) is 11.3. The molecule has 0 aliphatic carbocycles. The van der Waals surface area contributed by atoms with Crippen molar-refractivity contribution in [3.05, 3.63) is 53.0 Å². The second-order valence-electron chi connectivity index (χ2n) is 7.68. The van der Waals surface area contributed by atoms with E-state index in [-0.39, 0.29) is 0 Å². The Kier molecular flexibility index (Phi) is 6.39. The van der Waals surface area contributed by atoms with Crippen LogP contribution in [0.5, 0.6) is 0 Å². The number of aliphatic imine (C=N–C) groups is 1. The number of hydrogen-bond donors (Lipinski definition) is 3. The molecule has 6 heteroatoms. The number of nitrogens with one attached hydrogen (secondary N) is 3. The number of anilines is 1. The van der Waals surface area contributed by atoms with Crippen LogP contribution >= 0.6 is 11.3 Å². The van der Waals surface area contributed by atoms with Crippen molar-refractivity contribution in [1.82, 2.24) is 15.6 Å². The lowest BCUT2D eigenvalue weighted by molar-refractivity contribution is 0.463. The Morgan fingerprint density at radius 2 is 2.10 bits per heavy atom. The minimum absolute atomic E-state index is 0.486. The molecular weight excluding hydrogens is 378 g/mol. The highest BCUT2D eigenvalue weighted by Crippen LogP contribution is 2.25. The fourth-order valence-corrected chi connectivity index (χ4v) is 4.93. The Morgan fingerprint density at radius 3 is 2.86 bits per heavy atom. The number of rotatable bonds is 6. The standard InChI is InChI=1S/C23H31N5S/c1-3-24-23(27-19-10-13-28(14-11-19)21-8-5-15-29-21)25-12-9-18-16-26-20-7-4-6-17(2)22(18)20/h4-8,15-16,19,26H,3,9-14H2,1-2H3,(H2,24,25,27). The number of benzene rings is 1. The minimum atomic E-state index is 0.486. The van der Waals surface area contributed by atoms with Crippen LogP contribution < -0.4 is 15.5 Å². The SMILES string of the molecule is CCNC(=NCCc1c[nH]c2cccc(C)c12)NC1CCN(c2cccs2)CC1. The van der Waals surface area contributed by atoms with Gasteiger partial charge >= 0.3 is 0 Å². The molecule has 1 aliphatic rings. The van der Waals surface area contributed by atoms with Gasteiger partial charge in [0.1, 0.15) is 0 Å². The molecule has 29 heavy (non-hydrogen) atoms. The van der Waals surface area contributed by atoms with E-state index in [0.717, 1.165) is 51.4 Å². The Morgan fingerprint density at radius 1 is 1.24 bits per heavy atom. The predicted molar refractivity (Wildman–Crippen MR) is 125 cm³/mol. The largest absolute Gasteiger partial charge is 0.363 e. The molecule has 3 aromatic rings. The summed E-state index contributed by atoms with van der Waals surface area (Å²) in [4.78, 5) is 10.7. The zero-order valence-electron chi connectivity index (χ0n) is 17.4. The van der Waals surface area contributed by atoms with Gasteiger partial charge in [0.15, 0.2) is 5.96 Å². The van der Waals surface area contributed by atoms with Crippen LogP contribution in [0.15, 0.2) is 46.9 Å². The van der Waals surface area contributed by atoms with Crippen LogP contribution in [-0.4, -0.2) is 43.2 Å². The van der Waals surface area contributed by atoms with Gasteiger partial charge in [-0.15, -0.1) is 11.3 Å². The van der Waals surface area contributed by atoms with Gasteiger partial charge in [-0.25, -0.2) is 0 Å². The molecule has 0 amide bonds. The maximum atomic E-state index is 4.86. The molecule has 4 rings (SSSR count). The number of fused-ring (bicyclic) bond motifs is 1. The lowest BCUT2D eigenvalue weighted by atomic mass is 10.1. The highest BCUT2D eigenvalue weighted by molar-refractivity contribution is 7.14. The number of guanidine groups is 1. The summed E-state index contributed by atoms with van der Waals surface area (Å²) in [5.41, 5.74) is 3.89. The first-order chi connectivity index (χ1) is 14.2. The zero-order chi connectivity index (χ0) is 20.1. The Labute approximate surface area is 177 Å². The highest BCUT2D eigenvalue weighted by Gasteiger charge is 2.20. The van der Waals surface area contributed by atoms with Gasteiger partial charge in [-0.05, 0) is 67.8 Å². The molecule has 0 spiro atoms. The molecule has 1 fully saturated rings. The van der Waals surface area contributed by atoms with Gasteiger partial charge in [-0.3, -0.25) is 4.99 Å². The summed E-state index contributed by atoms with van der Waals surface area (Å²) in [5, 5.41) is 12.0. The van der Waals surface area contributed by atoms with E-state index in [1.807, 2.05) is 11.3 Å². The summed E-state index contributed by atoms with van der Waals surface area (Å²) >= 11 is 1.83. The third-order valence-corrected chi connectivity index (χ3v) is 6.57. The molecule has 1 saturated heterocycles. The number of H-pyrrole nitrogens is 1. The number of aryl methyl sites for hydroxylation is 1. The summed E-state index contributed by atoms with van der Waals surface area (Å²) in [6.45, 7) is 8.17. The van der Waals surface area contributed by atoms with Gasteiger partial charge in [-0.1, -0.05) is 12.1 Å². The maximum Gasteiger partial charge on any atom is 0.191 e. The molecule has 0 atom stereocenters. The topological polar surface area (TPSA) is 55.5 Å². The molecule has 3 heterocycles. The Hall–Kier alpha value is -2.47. The average molecular weight is 410 g/mol. The second kappa shape index (κ2) is 9.35. The maximum absolute atomic E-state index is 4.86. The molecule has 0 unspecified atom stereocenters. The molecule has 3 N–H and O–H groups in total. The van der Waals surface area contributed by atoms with Crippen molar-refractivity contribution in [3.63, 3.8) is 0 Å². The van der Waals surface area contributed by atoms with Crippen molar-refractivity contribution >= 4 is 33.2 Å². The van der Waals surface area contributed by atoms with Crippen LogP contribution in [0.1, 0.15) is 30.9 Å². The molecule has 0 saturated carbocycles. The molecule has 2 aromatic heterocycles. The van der Waals surface area contributed by atoms with Gasteiger partial charge < -0.3 is 20.5 Å². The number of piperidine rings is 1. The van der Waals surface area contributed by atoms with Gasteiger partial charge in [0.25, 0.3) is 0 Å². The molecule has 1 aromatic carbocycles. The number of nitrogens with zero attached hydrogens (tertiary/aromatic N) is 2. The first kappa shape index (κ1) is 19.8. The van der Waals surface area contributed by atoms with Crippen molar-refractivity contribution in [2.75, 3.05) is 31.1 Å². The van der Waals surface area contributed by atoms with Gasteiger partial charge in [0.05, 0.1) is 5.00 Å². The number of hydrogen-bond acceptors (Lipinski definition) is 3. The fourth-order valence-electron chi connectivity index (χ4n) is 4.14. The highest BCUT2D eigenvalue weighted by atomic mass is 32.1. The Bertz CT molecular complexity index is 935. The summed E-state index contributed by atoms with van der Waals surface area (Å²) in [7, 11) is 0. The van der Waals surface area contributed by atoms with Crippen molar-refractivity contribution in [1.29, 1.82) is 0 Å². The molecule has 154 valence electrons. The first-order valence-corrected chi connectivity index (χ1v) is 11.5. The molecule has 1 aliphatic heterocycles. The van der Waals surface area contributed by atoms with Crippen molar-refractivity contribution in [3.8, 4) is 0 Å². The second-order valence-corrected chi connectivity index (χ2v) is 8.61. The monoisotopic (exact) mass is 409 g/mol. The van der Waals surface area contributed by atoms with Gasteiger partial charge in [-0.2, -0.15) is 0 Å². The number of aromatic amines is 1. The fraction of sp³-hybridized carbons (Fsp3) is 0.435. The predicted octanol–water partition coefficient (Wildman–Crippen LogP) is 4.30. The lowest BCUT2D eigenvalue weighted by Gasteiger charge is -2.33. The minimum Gasteiger partial charge on any atom is -0.363 e. The van der Waals surface area contributed by atoms with Crippen LogP contribution in [0.2, 0.25) is 0 Å². The van der Waals surface area contributed by atoms with Crippen LogP contribution in [0.3, 0.4) is 0 Å². The van der Waals surface area contributed by atoms with Gasteiger partial charge in [0, 0.05) is 49.3 Å². The van der Waals surface area contributed by atoms with E-state index in [4.69, 9.17) is 4.99 Å². The molecule has 0 bridgehead atoms. The van der Waals surface area contributed by atoms with Crippen molar-refractivity contribution < 1.29 is 0 Å². The van der Waals surface area contributed by atoms with E-state index in [1.54, 1.807) is 0 Å². The Balaban J connectivity index is 1.33. The van der Waals surface area contributed by atoms with Crippen LogP contribution in [0.4, 0.5) is 5.00 Å². The molecule has 0 radical (unpaired) electrons. The number of thiophene rings is 1. The summed E-state index contributed by atoms with van der Waals surface area (Å²) in [5.74, 6) is 0.943. The van der Waals surface area contributed by atoms with E-state index in [9.17, 15) is 0 Å². The van der Waals surface area contributed by atoms with E-state index in [2.05, 4.69) is 76.3 Å². The van der Waals surface area contributed by atoms with Crippen molar-refractivity contribution in [2.24, 2.45) is 4.99 Å². The van der Waals surface area contributed by atoms with Crippen LogP contribution in [0, 0.1) is 6.92 Å². The summed E-state index contributed by atoms with van der Waals surface area (Å²) < 4.78 is 0. The smallest absolute Gasteiger partial charge is 0.191 e. The van der Waals surface area contributed by atoms with Gasteiger partial charge in [0.2, 0.25) is 0 Å². The van der Waals surface area contributed by atoms with Crippen LogP contribution in [0.25, 0.3) is 10.9 Å². The van der Waals surface area contributed by atoms with Crippen molar-refractivity contribution in [2.45, 2.75) is 39.2 Å². The third kappa shape index (κ3) is 4.75. The van der Waals surface area contributed by atoms with Crippen LogP contribution in [-0.2, 0) is 6.42 Å². The summed E-state index contributed by atoms with van der Waals surface area (Å²) in [6.07, 6.45) is 5.36. The average Bonchev–Trinajstić information content (AvgIpc) is 3.40. The first-order valence-electron chi connectivity index (χ1n) is 10.6. The lowest BCUT2D eigenvalue weighted by Crippen LogP contribution is -2.48. The quantitative estimate of drug-likeness (QED) is 0.420. The number of aromatic nitrogens is 1. The normalized spacial score (nSPS) is 15.8. The van der Waals surface area contributed by atoms with E-state index >= 15 is 0 Å². The van der Waals surface area contributed by atoms with E-state index in [0.29, 0.717) is 6.04 Å². The van der Waals surface area contributed by atoms with E-state index in [1.165, 1.54) is 27.0 Å². The zero-order valence-corrected chi connectivity index (χ0v) is 18.2. The van der Waals surface area contributed by atoms with E-state index < -0.39 is 0 Å². The third-order valence-electron chi connectivity index (χ3n) is 5.64.